The number of carboxylic acid groups (broad SMARTS) is 1. The number of aromatic nitrogens is 5. The summed E-state index contributed by atoms with van der Waals surface area (Å²) in [5.74, 6) is -0.819. The number of nitrogens with zero attached hydrogens (tertiary/aromatic N) is 4. The summed E-state index contributed by atoms with van der Waals surface area (Å²) in [6, 6.07) is 4.09. The number of rotatable bonds is 7. The zero-order valence-corrected chi connectivity index (χ0v) is 14.5. The van der Waals surface area contributed by atoms with Crippen LogP contribution in [0.3, 0.4) is 0 Å². The van der Waals surface area contributed by atoms with Gasteiger partial charge in [0.2, 0.25) is 0 Å². The average Bonchev–Trinajstić information content (AvgIpc) is 3.28. The second-order valence-electron chi connectivity index (χ2n) is 6.98. The summed E-state index contributed by atoms with van der Waals surface area (Å²) < 4.78 is 0. The van der Waals surface area contributed by atoms with Crippen LogP contribution in [0.15, 0.2) is 18.3 Å². The summed E-state index contributed by atoms with van der Waals surface area (Å²) >= 11 is 0. The lowest BCUT2D eigenvalue weighted by Crippen LogP contribution is -2.29. The SMILES string of the molecule is CC(C)[C@H](C(=O)O)[C@H](Cc1ccc(C2CCNC2)cn1)c1nnn[nH]1. The third-order valence-corrected chi connectivity index (χ3v) is 4.96. The lowest BCUT2D eigenvalue weighted by molar-refractivity contribution is -0.144. The number of aromatic amines is 1. The first-order valence-corrected chi connectivity index (χ1v) is 8.68. The number of aliphatic carboxylic acids is 1. The fraction of sp³-hybridized carbons (Fsp3) is 0.588. The van der Waals surface area contributed by atoms with Crippen molar-refractivity contribution in [1.82, 2.24) is 30.9 Å². The van der Waals surface area contributed by atoms with Crippen LogP contribution in [0.25, 0.3) is 0 Å². The molecule has 1 aliphatic rings. The van der Waals surface area contributed by atoms with Crippen molar-refractivity contribution in [2.45, 2.75) is 38.5 Å². The molecule has 1 unspecified atom stereocenters. The van der Waals surface area contributed by atoms with E-state index in [0.717, 1.165) is 25.2 Å². The van der Waals surface area contributed by atoms with Gasteiger partial charge in [0.05, 0.1) is 5.92 Å². The van der Waals surface area contributed by atoms with E-state index in [0.29, 0.717) is 18.2 Å². The minimum absolute atomic E-state index is 0.0450. The summed E-state index contributed by atoms with van der Waals surface area (Å²) in [7, 11) is 0. The second kappa shape index (κ2) is 7.69. The normalized spacial score (nSPS) is 19.9. The van der Waals surface area contributed by atoms with Crippen LogP contribution in [0.2, 0.25) is 0 Å². The smallest absolute Gasteiger partial charge is 0.307 e. The van der Waals surface area contributed by atoms with E-state index < -0.39 is 11.9 Å². The molecule has 8 heteroatoms. The van der Waals surface area contributed by atoms with E-state index in [2.05, 4.69) is 37.0 Å². The number of H-pyrrole nitrogens is 1. The van der Waals surface area contributed by atoms with Crippen LogP contribution >= 0.6 is 0 Å². The lowest BCUT2D eigenvalue weighted by Gasteiger charge is -2.24. The summed E-state index contributed by atoms with van der Waals surface area (Å²) in [4.78, 5) is 16.4. The topological polar surface area (TPSA) is 117 Å². The molecular formula is C17H24N6O2. The fourth-order valence-corrected chi connectivity index (χ4v) is 3.60. The van der Waals surface area contributed by atoms with Gasteiger partial charge in [-0.1, -0.05) is 19.9 Å². The zero-order chi connectivity index (χ0) is 17.8. The van der Waals surface area contributed by atoms with E-state index in [9.17, 15) is 9.90 Å². The van der Waals surface area contributed by atoms with Gasteiger partial charge in [-0.25, -0.2) is 5.10 Å². The highest BCUT2D eigenvalue weighted by atomic mass is 16.4. The van der Waals surface area contributed by atoms with E-state index in [4.69, 9.17) is 0 Å². The number of hydrogen-bond acceptors (Lipinski definition) is 6. The van der Waals surface area contributed by atoms with Crippen LogP contribution in [-0.4, -0.2) is 49.8 Å². The molecule has 0 aromatic carbocycles. The molecule has 0 radical (unpaired) electrons. The third kappa shape index (κ3) is 4.01. The average molecular weight is 344 g/mol. The van der Waals surface area contributed by atoms with Crippen LogP contribution in [0, 0.1) is 11.8 Å². The van der Waals surface area contributed by atoms with Gasteiger partial charge in [-0.3, -0.25) is 9.78 Å². The lowest BCUT2D eigenvalue weighted by atomic mass is 9.80. The molecule has 3 N–H and O–H groups in total. The van der Waals surface area contributed by atoms with Crippen LogP contribution in [0.5, 0.6) is 0 Å². The third-order valence-electron chi connectivity index (χ3n) is 4.96. The Balaban J connectivity index is 1.81. The number of carboxylic acids is 1. The molecule has 2 aromatic heterocycles. The van der Waals surface area contributed by atoms with Gasteiger partial charge < -0.3 is 10.4 Å². The van der Waals surface area contributed by atoms with E-state index in [1.165, 1.54) is 5.56 Å². The van der Waals surface area contributed by atoms with Crippen molar-refractivity contribution in [1.29, 1.82) is 0 Å². The van der Waals surface area contributed by atoms with E-state index in [1.54, 1.807) is 0 Å². The van der Waals surface area contributed by atoms with E-state index in [-0.39, 0.29) is 11.8 Å². The molecule has 134 valence electrons. The molecule has 0 amide bonds. The maximum atomic E-state index is 11.8. The van der Waals surface area contributed by atoms with Gasteiger partial charge in [-0.15, -0.1) is 5.10 Å². The first-order chi connectivity index (χ1) is 12.1. The van der Waals surface area contributed by atoms with E-state index in [1.807, 2.05) is 26.1 Å². The summed E-state index contributed by atoms with van der Waals surface area (Å²) in [6.45, 7) is 5.84. The molecular weight excluding hydrogens is 320 g/mol. The van der Waals surface area contributed by atoms with Gasteiger partial charge in [0, 0.05) is 30.8 Å². The molecule has 0 bridgehead atoms. The largest absolute Gasteiger partial charge is 0.481 e. The second-order valence-corrected chi connectivity index (χ2v) is 6.98. The predicted molar refractivity (Wildman–Crippen MR) is 91.1 cm³/mol. The summed E-state index contributed by atoms with van der Waals surface area (Å²) in [5.41, 5.74) is 2.08. The van der Waals surface area contributed by atoms with Crippen molar-refractivity contribution >= 4 is 5.97 Å². The van der Waals surface area contributed by atoms with E-state index >= 15 is 0 Å². The van der Waals surface area contributed by atoms with Crippen molar-refractivity contribution in [3.63, 3.8) is 0 Å². The van der Waals surface area contributed by atoms with Gasteiger partial charge >= 0.3 is 5.97 Å². The van der Waals surface area contributed by atoms with Crippen LogP contribution in [0.1, 0.15) is 49.2 Å². The fourth-order valence-electron chi connectivity index (χ4n) is 3.60. The van der Waals surface area contributed by atoms with Crippen LogP contribution in [-0.2, 0) is 11.2 Å². The molecule has 1 aliphatic heterocycles. The Morgan fingerprint density at radius 3 is 2.76 bits per heavy atom. The van der Waals surface area contributed by atoms with Crippen molar-refractivity contribution in [2.24, 2.45) is 11.8 Å². The molecule has 0 aliphatic carbocycles. The molecule has 8 nitrogen and oxygen atoms in total. The van der Waals surface area contributed by atoms with Gasteiger partial charge in [0.1, 0.15) is 0 Å². The Labute approximate surface area is 146 Å². The molecule has 3 atom stereocenters. The number of pyridine rings is 1. The Kier molecular flexibility index (Phi) is 5.37. The highest BCUT2D eigenvalue weighted by Crippen LogP contribution is 2.31. The highest BCUT2D eigenvalue weighted by molar-refractivity contribution is 5.71. The molecule has 0 saturated carbocycles. The summed E-state index contributed by atoms with van der Waals surface area (Å²) in [6.07, 6.45) is 3.52. The highest BCUT2D eigenvalue weighted by Gasteiger charge is 2.34. The molecule has 3 heterocycles. The monoisotopic (exact) mass is 344 g/mol. The number of carbonyl (C=O) groups is 1. The van der Waals surface area contributed by atoms with Crippen molar-refractivity contribution in [3.05, 3.63) is 35.4 Å². The standard InChI is InChI=1S/C17H24N6O2/c1-10(2)15(17(24)25)14(16-20-22-23-21-16)7-13-4-3-11(9-19-13)12-5-6-18-8-12/h3-4,9-10,12,14-15,18H,5-8H2,1-2H3,(H,24,25)(H,20,21,22,23)/t12?,14-,15-/m0/s1. The van der Waals surface area contributed by atoms with Gasteiger partial charge in [0.25, 0.3) is 0 Å². The minimum Gasteiger partial charge on any atom is -0.481 e. The zero-order valence-electron chi connectivity index (χ0n) is 14.5. The molecule has 25 heavy (non-hydrogen) atoms. The van der Waals surface area contributed by atoms with Crippen LogP contribution in [0.4, 0.5) is 0 Å². The molecule has 3 rings (SSSR count). The minimum atomic E-state index is -0.843. The Morgan fingerprint density at radius 1 is 1.40 bits per heavy atom. The first kappa shape index (κ1) is 17.5. The first-order valence-electron chi connectivity index (χ1n) is 8.68. The quantitative estimate of drug-likeness (QED) is 0.694. The number of tetrazole rings is 1. The van der Waals surface area contributed by atoms with Gasteiger partial charge in [-0.05, 0) is 46.9 Å². The van der Waals surface area contributed by atoms with Crippen molar-refractivity contribution in [2.75, 3.05) is 13.1 Å². The number of nitrogens with one attached hydrogen (secondary N) is 2. The Morgan fingerprint density at radius 2 is 2.24 bits per heavy atom. The maximum Gasteiger partial charge on any atom is 0.307 e. The maximum absolute atomic E-state index is 11.8. The molecule has 1 fully saturated rings. The van der Waals surface area contributed by atoms with Gasteiger partial charge in [-0.2, -0.15) is 0 Å². The van der Waals surface area contributed by atoms with Crippen molar-refractivity contribution in [3.8, 4) is 0 Å². The predicted octanol–water partition coefficient (Wildman–Crippen LogP) is 1.35. The Hall–Kier alpha value is -2.35. The van der Waals surface area contributed by atoms with Crippen LogP contribution < -0.4 is 5.32 Å². The number of hydrogen-bond donors (Lipinski definition) is 3. The molecule has 1 saturated heterocycles. The molecule has 0 spiro atoms. The Bertz CT molecular complexity index is 680. The molecule has 2 aromatic rings. The van der Waals surface area contributed by atoms with Crippen molar-refractivity contribution < 1.29 is 9.90 Å². The summed E-state index contributed by atoms with van der Waals surface area (Å²) in [5, 5.41) is 26.9. The van der Waals surface area contributed by atoms with Gasteiger partial charge in [0.15, 0.2) is 5.82 Å².